The largest absolute Gasteiger partial charge is 0.353 e. The minimum absolute atomic E-state index is 0.0240. The standard InChI is InChI=1S/C21H25N7O4/c1-14(2)20-24-19(25-32-20)15-3-4-16(22-13-15)26-9-11-27(12-10-26)18(30)6-8-28-7-5-17(29)23-21(28)31/h3-5,7,13-14H,6,8-12H2,1-2H3,(H,23,29,31). The van der Waals surface area contributed by atoms with E-state index in [4.69, 9.17) is 4.52 Å². The fourth-order valence-electron chi connectivity index (χ4n) is 3.47. The average molecular weight is 439 g/mol. The smallest absolute Gasteiger partial charge is 0.328 e. The van der Waals surface area contributed by atoms with Crippen LogP contribution in [0.3, 0.4) is 0 Å². The summed E-state index contributed by atoms with van der Waals surface area (Å²) in [5.41, 5.74) is -0.172. The highest BCUT2D eigenvalue weighted by Crippen LogP contribution is 2.21. The molecule has 4 heterocycles. The predicted octanol–water partition coefficient (Wildman–Crippen LogP) is 0.844. The van der Waals surface area contributed by atoms with Gasteiger partial charge in [-0.05, 0) is 12.1 Å². The van der Waals surface area contributed by atoms with Crippen molar-refractivity contribution < 1.29 is 9.32 Å². The van der Waals surface area contributed by atoms with Gasteiger partial charge in [0, 0.05) is 69.1 Å². The zero-order valence-corrected chi connectivity index (χ0v) is 18.0. The molecule has 0 spiro atoms. The Kier molecular flexibility index (Phi) is 6.15. The number of aromatic nitrogens is 5. The summed E-state index contributed by atoms with van der Waals surface area (Å²) in [5.74, 6) is 2.08. The van der Waals surface area contributed by atoms with Crippen LogP contribution in [0.25, 0.3) is 11.4 Å². The summed E-state index contributed by atoms with van der Waals surface area (Å²) in [7, 11) is 0. The van der Waals surface area contributed by atoms with Crippen molar-refractivity contribution in [2.75, 3.05) is 31.1 Å². The molecule has 0 aliphatic carbocycles. The van der Waals surface area contributed by atoms with Crippen LogP contribution in [0.1, 0.15) is 32.1 Å². The van der Waals surface area contributed by atoms with Crippen LogP contribution in [0.5, 0.6) is 0 Å². The second kappa shape index (κ2) is 9.16. The number of H-pyrrole nitrogens is 1. The lowest BCUT2D eigenvalue weighted by molar-refractivity contribution is -0.131. The van der Waals surface area contributed by atoms with Gasteiger partial charge in [0.25, 0.3) is 5.56 Å². The number of anilines is 1. The average Bonchev–Trinajstić information content (AvgIpc) is 3.29. The minimum Gasteiger partial charge on any atom is -0.353 e. The lowest BCUT2D eigenvalue weighted by Gasteiger charge is -2.35. The monoisotopic (exact) mass is 439 g/mol. The van der Waals surface area contributed by atoms with Gasteiger partial charge >= 0.3 is 5.69 Å². The third-order valence-electron chi connectivity index (χ3n) is 5.36. The number of aryl methyl sites for hydroxylation is 1. The molecule has 1 amide bonds. The molecule has 1 aliphatic heterocycles. The van der Waals surface area contributed by atoms with Gasteiger partial charge in [0.1, 0.15) is 5.82 Å². The number of amides is 1. The van der Waals surface area contributed by atoms with Crippen molar-refractivity contribution in [3.05, 3.63) is 57.3 Å². The summed E-state index contributed by atoms with van der Waals surface area (Å²) in [6.45, 7) is 6.69. The van der Waals surface area contributed by atoms with E-state index in [2.05, 4.69) is 25.0 Å². The maximum absolute atomic E-state index is 12.5. The summed E-state index contributed by atoms with van der Waals surface area (Å²) in [5, 5.41) is 4.01. The van der Waals surface area contributed by atoms with Crippen molar-refractivity contribution in [1.29, 1.82) is 0 Å². The van der Waals surface area contributed by atoms with Crippen molar-refractivity contribution in [1.82, 2.24) is 29.6 Å². The third kappa shape index (κ3) is 4.76. The second-order valence-electron chi connectivity index (χ2n) is 7.94. The SMILES string of the molecule is CC(C)c1nc(-c2ccc(N3CCN(C(=O)CCn4ccc(=O)[nH]c4=O)CC3)nc2)no1. The molecule has 0 unspecified atom stereocenters. The normalized spacial score (nSPS) is 14.2. The van der Waals surface area contributed by atoms with Gasteiger partial charge in [0.15, 0.2) is 0 Å². The first kappa shape index (κ1) is 21.5. The first-order chi connectivity index (χ1) is 15.4. The number of rotatable bonds is 6. The lowest BCUT2D eigenvalue weighted by Crippen LogP contribution is -2.49. The van der Waals surface area contributed by atoms with E-state index >= 15 is 0 Å². The molecule has 11 heteroatoms. The summed E-state index contributed by atoms with van der Waals surface area (Å²) in [6, 6.07) is 5.10. The van der Waals surface area contributed by atoms with E-state index in [1.807, 2.05) is 26.0 Å². The maximum atomic E-state index is 12.5. The predicted molar refractivity (Wildman–Crippen MR) is 116 cm³/mol. The molecule has 168 valence electrons. The number of carbonyl (C=O) groups excluding carboxylic acids is 1. The molecule has 0 atom stereocenters. The Bertz CT molecular complexity index is 1190. The Hall–Kier alpha value is -3.76. The lowest BCUT2D eigenvalue weighted by atomic mass is 10.2. The Morgan fingerprint density at radius 1 is 1.16 bits per heavy atom. The van der Waals surface area contributed by atoms with E-state index in [1.165, 1.54) is 16.8 Å². The summed E-state index contributed by atoms with van der Waals surface area (Å²) in [4.78, 5) is 50.4. The van der Waals surface area contributed by atoms with Gasteiger partial charge in [0.2, 0.25) is 17.6 Å². The number of nitrogens with zero attached hydrogens (tertiary/aromatic N) is 6. The van der Waals surface area contributed by atoms with Gasteiger partial charge in [-0.1, -0.05) is 19.0 Å². The van der Waals surface area contributed by atoms with E-state index in [1.54, 1.807) is 11.1 Å². The van der Waals surface area contributed by atoms with Crippen LogP contribution in [0, 0.1) is 0 Å². The molecule has 0 saturated carbocycles. The molecule has 0 aromatic carbocycles. The van der Waals surface area contributed by atoms with Crippen LogP contribution in [0.2, 0.25) is 0 Å². The zero-order chi connectivity index (χ0) is 22.7. The highest BCUT2D eigenvalue weighted by Gasteiger charge is 2.22. The highest BCUT2D eigenvalue weighted by atomic mass is 16.5. The molecule has 11 nitrogen and oxygen atoms in total. The third-order valence-corrected chi connectivity index (χ3v) is 5.36. The zero-order valence-electron chi connectivity index (χ0n) is 18.0. The van der Waals surface area contributed by atoms with Crippen LogP contribution in [0.4, 0.5) is 5.82 Å². The Balaban J connectivity index is 1.30. The van der Waals surface area contributed by atoms with Gasteiger partial charge in [-0.2, -0.15) is 4.98 Å². The maximum Gasteiger partial charge on any atom is 0.328 e. The molecule has 1 aliphatic rings. The van der Waals surface area contributed by atoms with Crippen LogP contribution in [0.15, 0.2) is 44.7 Å². The number of nitrogens with one attached hydrogen (secondary N) is 1. The van der Waals surface area contributed by atoms with Crippen LogP contribution >= 0.6 is 0 Å². The fourth-order valence-corrected chi connectivity index (χ4v) is 3.47. The van der Waals surface area contributed by atoms with E-state index in [-0.39, 0.29) is 24.8 Å². The first-order valence-electron chi connectivity index (χ1n) is 10.5. The summed E-state index contributed by atoms with van der Waals surface area (Å²) < 4.78 is 6.58. The van der Waals surface area contributed by atoms with E-state index in [9.17, 15) is 14.4 Å². The molecular formula is C21H25N7O4. The number of piperazine rings is 1. The molecule has 3 aromatic heterocycles. The molecule has 32 heavy (non-hydrogen) atoms. The van der Waals surface area contributed by atoms with Gasteiger partial charge in [-0.3, -0.25) is 14.6 Å². The van der Waals surface area contributed by atoms with Gasteiger partial charge in [-0.25, -0.2) is 9.78 Å². The van der Waals surface area contributed by atoms with Crippen molar-refractivity contribution in [2.24, 2.45) is 0 Å². The molecular weight excluding hydrogens is 414 g/mol. The van der Waals surface area contributed by atoms with Crippen molar-refractivity contribution in [2.45, 2.75) is 32.7 Å². The van der Waals surface area contributed by atoms with Crippen molar-refractivity contribution >= 4 is 11.7 Å². The van der Waals surface area contributed by atoms with Gasteiger partial charge < -0.3 is 18.9 Å². The molecule has 4 rings (SSSR count). The van der Waals surface area contributed by atoms with E-state index in [0.29, 0.717) is 37.9 Å². The van der Waals surface area contributed by atoms with E-state index in [0.717, 1.165) is 11.4 Å². The van der Waals surface area contributed by atoms with Crippen molar-refractivity contribution in [3.63, 3.8) is 0 Å². The van der Waals surface area contributed by atoms with Crippen LogP contribution < -0.4 is 16.1 Å². The number of hydrogen-bond acceptors (Lipinski definition) is 8. The number of pyridine rings is 1. The quantitative estimate of drug-likeness (QED) is 0.598. The van der Waals surface area contributed by atoms with Crippen molar-refractivity contribution in [3.8, 4) is 11.4 Å². The molecule has 0 bridgehead atoms. The van der Waals surface area contributed by atoms with E-state index < -0.39 is 11.2 Å². The van der Waals surface area contributed by atoms with Crippen LogP contribution in [-0.2, 0) is 11.3 Å². The molecule has 3 aromatic rings. The fraction of sp³-hybridized carbons (Fsp3) is 0.429. The number of hydrogen-bond donors (Lipinski definition) is 1. The first-order valence-corrected chi connectivity index (χ1v) is 10.5. The number of aromatic amines is 1. The van der Waals surface area contributed by atoms with Gasteiger partial charge in [-0.15, -0.1) is 0 Å². The Morgan fingerprint density at radius 3 is 2.56 bits per heavy atom. The minimum atomic E-state index is -0.508. The number of carbonyl (C=O) groups is 1. The van der Waals surface area contributed by atoms with Crippen LogP contribution in [-0.4, -0.2) is 61.7 Å². The topological polar surface area (TPSA) is 130 Å². The summed E-state index contributed by atoms with van der Waals surface area (Å²) >= 11 is 0. The molecule has 1 fully saturated rings. The Labute approximate surface area is 183 Å². The molecule has 1 saturated heterocycles. The molecule has 0 radical (unpaired) electrons. The highest BCUT2D eigenvalue weighted by molar-refractivity contribution is 5.76. The second-order valence-corrected chi connectivity index (χ2v) is 7.94. The Morgan fingerprint density at radius 2 is 1.94 bits per heavy atom. The van der Waals surface area contributed by atoms with Gasteiger partial charge in [0.05, 0.1) is 0 Å². The summed E-state index contributed by atoms with van der Waals surface area (Å²) in [6.07, 6.45) is 3.33. The molecule has 1 N–H and O–H groups in total.